The van der Waals surface area contributed by atoms with Crippen LogP contribution in [0.25, 0.3) is 0 Å². The second-order valence-corrected chi connectivity index (χ2v) is 6.81. The first-order chi connectivity index (χ1) is 16.2. The van der Waals surface area contributed by atoms with Crippen molar-refractivity contribution in [2.45, 2.75) is 54.4 Å². The molecule has 1 heterocycles. The van der Waals surface area contributed by atoms with Gasteiger partial charge in [0.1, 0.15) is 5.75 Å². The van der Waals surface area contributed by atoms with Gasteiger partial charge in [-0.25, -0.2) is 4.98 Å². The van der Waals surface area contributed by atoms with Crippen molar-refractivity contribution in [1.82, 2.24) is 10.3 Å². The van der Waals surface area contributed by atoms with Gasteiger partial charge in [-0.15, -0.1) is 11.3 Å². The van der Waals surface area contributed by atoms with Crippen molar-refractivity contribution in [1.29, 1.82) is 0 Å². The molecule has 2 aromatic carbocycles. The normalized spacial score (nSPS) is 9.18. The third kappa shape index (κ3) is 11.0. The van der Waals surface area contributed by atoms with E-state index < -0.39 is 0 Å². The fourth-order valence-corrected chi connectivity index (χ4v) is 3.17. The fraction of sp³-hybridized carbons (Fsp3) is 0.385. The minimum atomic E-state index is -0.160. The van der Waals surface area contributed by atoms with E-state index in [1.165, 1.54) is 11.3 Å². The van der Waals surface area contributed by atoms with Crippen molar-refractivity contribution in [3.8, 4) is 17.2 Å². The molecule has 0 saturated carbocycles. The summed E-state index contributed by atoms with van der Waals surface area (Å²) in [5, 5.41) is 18.6. The molecular formula is C26H39N3O3S. The molecule has 0 radical (unpaired) electrons. The smallest absolute Gasteiger partial charge is 0.230 e. The highest BCUT2D eigenvalue weighted by Gasteiger charge is 2.15. The minimum absolute atomic E-state index is 0.0500. The van der Waals surface area contributed by atoms with Gasteiger partial charge in [0, 0.05) is 11.6 Å². The molecule has 0 spiro atoms. The number of para-hydroxylation sites is 1. The van der Waals surface area contributed by atoms with E-state index in [0.717, 1.165) is 17.7 Å². The van der Waals surface area contributed by atoms with Crippen LogP contribution >= 0.6 is 11.3 Å². The molecule has 0 aliphatic carbocycles. The topological polar surface area (TPSA) is 83.5 Å². The van der Waals surface area contributed by atoms with Crippen LogP contribution in [0.15, 0.2) is 54.0 Å². The molecule has 0 unspecified atom stereocenters. The van der Waals surface area contributed by atoms with Gasteiger partial charge in [-0.1, -0.05) is 59.7 Å². The predicted molar refractivity (Wildman–Crippen MR) is 141 cm³/mol. The van der Waals surface area contributed by atoms with Crippen LogP contribution in [0.3, 0.4) is 0 Å². The molecule has 1 aromatic heterocycles. The van der Waals surface area contributed by atoms with Crippen LogP contribution in [0.4, 0.5) is 5.13 Å². The van der Waals surface area contributed by atoms with Crippen LogP contribution < -0.4 is 15.4 Å². The summed E-state index contributed by atoms with van der Waals surface area (Å²) in [6.07, 6.45) is 2.50. The Bertz CT molecular complexity index is 885. The van der Waals surface area contributed by atoms with E-state index in [-0.39, 0.29) is 18.1 Å². The number of aromatic hydroxyl groups is 1. The molecule has 33 heavy (non-hydrogen) atoms. The Morgan fingerprint density at radius 3 is 2.27 bits per heavy atom. The molecule has 0 fully saturated rings. The number of anilines is 1. The van der Waals surface area contributed by atoms with E-state index in [1.807, 2.05) is 78.9 Å². The number of thiazole rings is 1. The van der Waals surface area contributed by atoms with Gasteiger partial charge in [0.15, 0.2) is 16.6 Å². The lowest BCUT2D eigenvalue weighted by Crippen LogP contribution is -2.17. The molecule has 0 atom stereocenters. The average molecular weight is 474 g/mol. The average Bonchev–Trinajstić information content (AvgIpc) is 3.37. The number of benzene rings is 2. The highest BCUT2D eigenvalue weighted by molar-refractivity contribution is 7.13. The number of amides is 1. The monoisotopic (exact) mass is 473 g/mol. The zero-order chi connectivity index (χ0) is 25.1. The molecule has 3 N–H and O–H groups in total. The zero-order valence-electron chi connectivity index (χ0n) is 20.9. The predicted octanol–water partition coefficient (Wildman–Crippen LogP) is 6.66. The molecule has 6 nitrogen and oxygen atoms in total. The maximum absolute atomic E-state index is 12.4. The summed E-state index contributed by atoms with van der Waals surface area (Å²) >= 11 is 1.37. The summed E-state index contributed by atoms with van der Waals surface area (Å²) in [6.45, 7) is 12.7. The van der Waals surface area contributed by atoms with E-state index in [4.69, 9.17) is 4.74 Å². The van der Waals surface area contributed by atoms with E-state index in [2.05, 4.69) is 15.6 Å². The molecule has 1 amide bonds. The number of rotatable bonds is 8. The van der Waals surface area contributed by atoms with Crippen LogP contribution in [0, 0.1) is 0 Å². The van der Waals surface area contributed by atoms with Crippen LogP contribution in [0.5, 0.6) is 17.2 Å². The lowest BCUT2D eigenvalue weighted by atomic mass is 10.00. The van der Waals surface area contributed by atoms with Gasteiger partial charge in [0.05, 0.1) is 6.42 Å². The highest BCUT2D eigenvalue weighted by atomic mass is 32.1. The number of phenols is 1. The number of aromatic nitrogens is 1. The van der Waals surface area contributed by atoms with E-state index in [0.29, 0.717) is 23.1 Å². The Hall–Kier alpha value is -2.90. The second kappa shape index (κ2) is 18.7. The van der Waals surface area contributed by atoms with E-state index in [1.54, 1.807) is 23.7 Å². The number of likely N-dealkylation sites (N-methyl/N-ethyl adjacent to an activating group) is 1. The van der Waals surface area contributed by atoms with Crippen molar-refractivity contribution in [3.05, 3.63) is 65.2 Å². The lowest BCUT2D eigenvalue weighted by Gasteiger charge is -2.14. The third-order valence-corrected chi connectivity index (χ3v) is 4.61. The van der Waals surface area contributed by atoms with Gasteiger partial charge < -0.3 is 20.5 Å². The van der Waals surface area contributed by atoms with Crippen LogP contribution in [-0.4, -0.2) is 29.6 Å². The first kappa shape index (κ1) is 30.1. The molecular weight excluding hydrogens is 434 g/mol. The number of carbonyl (C=O) groups excluding carboxylic acids is 1. The van der Waals surface area contributed by atoms with Crippen molar-refractivity contribution < 1.29 is 14.6 Å². The molecule has 182 valence electrons. The van der Waals surface area contributed by atoms with Gasteiger partial charge in [-0.2, -0.15) is 0 Å². The summed E-state index contributed by atoms with van der Waals surface area (Å²) in [7, 11) is 1.86. The summed E-state index contributed by atoms with van der Waals surface area (Å²) in [5.41, 5.74) is 1.71. The molecule has 3 aromatic rings. The SMILES string of the molecule is CC.CC.CC.CNCCc1cc(O)c(Oc2ccccc2)cc1CC(=O)Nc1nccs1. The molecule has 0 bridgehead atoms. The Kier molecular flexibility index (Phi) is 17.0. The van der Waals surface area contributed by atoms with Crippen LogP contribution in [0.1, 0.15) is 52.7 Å². The number of phenolic OH excluding ortho intramolecular Hbond substituents is 1. The lowest BCUT2D eigenvalue weighted by molar-refractivity contribution is -0.115. The summed E-state index contributed by atoms with van der Waals surface area (Å²) in [6, 6.07) is 12.6. The van der Waals surface area contributed by atoms with Crippen molar-refractivity contribution in [2.24, 2.45) is 0 Å². The third-order valence-electron chi connectivity index (χ3n) is 3.93. The first-order valence-electron chi connectivity index (χ1n) is 11.6. The zero-order valence-corrected chi connectivity index (χ0v) is 21.8. The van der Waals surface area contributed by atoms with Gasteiger partial charge >= 0.3 is 0 Å². The number of ether oxygens (including phenoxy) is 1. The quantitative estimate of drug-likeness (QED) is 0.340. The Labute approximate surface area is 203 Å². The molecule has 0 aliphatic rings. The standard InChI is InChI=1S/C20H21N3O3S.3C2H6/c1-21-8-7-14-11-17(24)18(26-16-5-3-2-4-6-16)12-15(14)13-19(25)23-20-22-9-10-27-20;3*1-2/h2-6,9-12,21,24H,7-8,13H2,1H3,(H,22,23,25);3*1-2H3. The molecule has 3 rings (SSSR count). The van der Waals surface area contributed by atoms with Gasteiger partial charge in [-0.05, 0) is 55.4 Å². The van der Waals surface area contributed by atoms with E-state index in [9.17, 15) is 9.90 Å². The Balaban J connectivity index is 0.00000158. The van der Waals surface area contributed by atoms with E-state index >= 15 is 0 Å². The van der Waals surface area contributed by atoms with Gasteiger partial charge in [-0.3, -0.25) is 4.79 Å². The summed E-state index contributed by atoms with van der Waals surface area (Å²) in [4.78, 5) is 16.5. The largest absolute Gasteiger partial charge is 0.504 e. The fourth-order valence-electron chi connectivity index (χ4n) is 2.63. The first-order valence-corrected chi connectivity index (χ1v) is 12.5. The maximum atomic E-state index is 12.4. The maximum Gasteiger partial charge on any atom is 0.230 e. The second-order valence-electron chi connectivity index (χ2n) is 5.92. The van der Waals surface area contributed by atoms with Crippen molar-refractivity contribution in [3.63, 3.8) is 0 Å². The number of hydrogen-bond donors (Lipinski definition) is 3. The van der Waals surface area contributed by atoms with Crippen molar-refractivity contribution in [2.75, 3.05) is 18.9 Å². The van der Waals surface area contributed by atoms with Crippen LogP contribution in [0.2, 0.25) is 0 Å². The highest BCUT2D eigenvalue weighted by Crippen LogP contribution is 2.34. The number of nitrogens with zero attached hydrogens (tertiary/aromatic N) is 1. The molecule has 0 saturated heterocycles. The van der Waals surface area contributed by atoms with Crippen LogP contribution in [-0.2, 0) is 17.6 Å². The minimum Gasteiger partial charge on any atom is -0.504 e. The number of carbonyl (C=O) groups is 1. The molecule has 7 heteroatoms. The van der Waals surface area contributed by atoms with Gasteiger partial charge in [0.25, 0.3) is 0 Å². The molecule has 0 aliphatic heterocycles. The summed E-state index contributed by atoms with van der Waals surface area (Å²) in [5.74, 6) is 0.835. The summed E-state index contributed by atoms with van der Waals surface area (Å²) < 4.78 is 5.79. The van der Waals surface area contributed by atoms with Crippen molar-refractivity contribution >= 4 is 22.4 Å². The number of nitrogens with one attached hydrogen (secondary N) is 2. The Morgan fingerprint density at radius 2 is 1.70 bits per heavy atom. The Morgan fingerprint density at radius 1 is 1.03 bits per heavy atom. The van der Waals surface area contributed by atoms with Gasteiger partial charge in [0.2, 0.25) is 5.91 Å². The number of hydrogen-bond acceptors (Lipinski definition) is 6.